The Morgan fingerprint density at radius 2 is 1.87 bits per heavy atom. The third kappa shape index (κ3) is 4.46. The monoisotopic (exact) mass is 424 g/mol. The molecule has 0 aliphatic carbocycles. The van der Waals surface area contributed by atoms with Gasteiger partial charge in [-0.1, -0.05) is 18.2 Å². The maximum absolute atomic E-state index is 13.8. The highest BCUT2D eigenvalue weighted by Crippen LogP contribution is 2.34. The van der Waals surface area contributed by atoms with Crippen molar-refractivity contribution in [3.63, 3.8) is 0 Å². The summed E-state index contributed by atoms with van der Waals surface area (Å²) in [5, 5.41) is 2.28. The summed E-state index contributed by atoms with van der Waals surface area (Å²) in [4.78, 5) is 30.8. The van der Waals surface area contributed by atoms with Crippen molar-refractivity contribution in [2.45, 2.75) is 20.8 Å². The van der Waals surface area contributed by atoms with E-state index in [0.717, 1.165) is 22.9 Å². The molecule has 0 saturated heterocycles. The maximum Gasteiger partial charge on any atom is 0.230 e. The van der Waals surface area contributed by atoms with Gasteiger partial charge in [0.15, 0.2) is 22.5 Å². The molecule has 1 aromatic heterocycles. The van der Waals surface area contributed by atoms with E-state index in [0.29, 0.717) is 10.8 Å². The first kappa shape index (κ1) is 21.4. The first-order chi connectivity index (χ1) is 14.3. The summed E-state index contributed by atoms with van der Waals surface area (Å²) in [6, 6.07) is 9.87. The lowest BCUT2D eigenvalue weighted by Crippen LogP contribution is -2.24. The van der Waals surface area contributed by atoms with Crippen molar-refractivity contribution in [3.8, 4) is 5.75 Å². The zero-order chi connectivity index (χ0) is 21.8. The van der Waals surface area contributed by atoms with E-state index in [-0.39, 0.29) is 23.0 Å². The Morgan fingerprint density at radius 1 is 1.17 bits per heavy atom. The van der Waals surface area contributed by atoms with E-state index in [1.165, 1.54) is 43.6 Å². The van der Waals surface area contributed by atoms with Gasteiger partial charge < -0.3 is 4.74 Å². The fourth-order valence-corrected chi connectivity index (χ4v) is 3.92. The van der Waals surface area contributed by atoms with Crippen molar-refractivity contribution in [3.05, 3.63) is 76.1 Å². The molecule has 30 heavy (non-hydrogen) atoms. The van der Waals surface area contributed by atoms with Crippen LogP contribution in [-0.4, -0.2) is 23.8 Å². The molecule has 7 heteroatoms. The number of halogens is 1. The molecule has 0 spiro atoms. The van der Waals surface area contributed by atoms with Crippen molar-refractivity contribution in [1.82, 2.24) is 4.98 Å². The van der Waals surface area contributed by atoms with Crippen molar-refractivity contribution in [2.75, 3.05) is 12.0 Å². The summed E-state index contributed by atoms with van der Waals surface area (Å²) < 4.78 is 18.7. The molecule has 3 aromatic rings. The number of ketones is 1. The molecule has 0 fully saturated rings. The number of para-hydroxylation sites is 1. The second-order valence-electron chi connectivity index (χ2n) is 6.70. The summed E-state index contributed by atoms with van der Waals surface area (Å²) >= 11 is 1.31. The molecule has 0 N–H and O–H groups in total. The number of anilines is 2. The van der Waals surface area contributed by atoms with Gasteiger partial charge in [0.25, 0.3) is 0 Å². The van der Waals surface area contributed by atoms with Crippen LogP contribution in [0.1, 0.15) is 34.1 Å². The summed E-state index contributed by atoms with van der Waals surface area (Å²) in [5.41, 5.74) is 3.48. The van der Waals surface area contributed by atoms with Gasteiger partial charge in [0.2, 0.25) is 5.91 Å². The van der Waals surface area contributed by atoms with E-state index in [9.17, 15) is 14.0 Å². The molecule has 0 radical (unpaired) electrons. The third-order valence-electron chi connectivity index (χ3n) is 4.52. The Balaban J connectivity index is 1.85. The molecule has 154 valence electrons. The molecule has 0 saturated carbocycles. The van der Waals surface area contributed by atoms with Crippen LogP contribution in [0.2, 0.25) is 0 Å². The summed E-state index contributed by atoms with van der Waals surface area (Å²) in [6.45, 7) is 5.38. The highest BCUT2D eigenvalue weighted by molar-refractivity contribution is 7.14. The van der Waals surface area contributed by atoms with Gasteiger partial charge >= 0.3 is 0 Å². The number of ether oxygens (including phenoxy) is 1. The second kappa shape index (κ2) is 9.00. The van der Waals surface area contributed by atoms with E-state index in [1.54, 1.807) is 16.4 Å². The van der Waals surface area contributed by atoms with E-state index >= 15 is 0 Å². The number of carbonyl (C=O) groups is 2. The number of methoxy groups -OCH3 is 1. The van der Waals surface area contributed by atoms with Gasteiger partial charge in [-0.05, 0) is 55.3 Å². The van der Waals surface area contributed by atoms with Crippen molar-refractivity contribution in [2.24, 2.45) is 0 Å². The summed E-state index contributed by atoms with van der Waals surface area (Å²) in [7, 11) is 1.36. The molecule has 0 aliphatic rings. The molecule has 2 aromatic carbocycles. The van der Waals surface area contributed by atoms with Crippen LogP contribution in [0.4, 0.5) is 15.2 Å². The normalized spacial score (nSPS) is 11.0. The van der Waals surface area contributed by atoms with Crippen LogP contribution < -0.4 is 9.64 Å². The third-order valence-corrected chi connectivity index (χ3v) is 5.36. The molecule has 0 aliphatic heterocycles. The fourth-order valence-electron chi connectivity index (χ4n) is 3.08. The number of carbonyl (C=O) groups excluding carboxylic acids is 2. The first-order valence-electron chi connectivity index (χ1n) is 9.20. The van der Waals surface area contributed by atoms with Crippen molar-refractivity contribution >= 4 is 39.9 Å². The van der Waals surface area contributed by atoms with Gasteiger partial charge in [-0.15, -0.1) is 11.3 Å². The number of rotatable bonds is 6. The number of nitrogens with zero attached hydrogens (tertiary/aromatic N) is 2. The van der Waals surface area contributed by atoms with Crippen LogP contribution in [0.15, 0.2) is 47.9 Å². The maximum atomic E-state index is 13.8. The van der Waals surface area contributed by atoms with Gasteiger partial charge in [-0.3, -0.25) is 14.5 Å². The zero-order valence-corrected chi connectivity index (χ0v) is 17.9. The lowest BCUT2D eigenvalue weighted by atomic mass is 10.1. The van der Waals surface area contributed by atoms with Crippen LogP contribution in [0.25, 0.3) is 6.08 Å². The lowest BCUT2D eigenvalue weighted by molar-refractivity contribution is -0.115. The number of benzene rings is 2. The van der Waals surface area contributed by atoms with Crippen LogP contribution >= 0.6 is 11.3 Å². The van der Waals surface area contributed by atoms with E-state index in [4.69, 9.17) is 4.74 Å². The van der Waals surface area contributed by atoms with Gasteiger partial charge in [-0.25, -0.2) is 9.37 Å². The topological polar surface area (TPSA) is 59.5 Å². The van der Waals surface area contributed by atoms with Gasteiger partial charge in [0.1, 0.15) is 0 Å². The number of aromatic nitrogens is 1. The molecular weight excluding hydrogens is 403 g/mol. The lowest BCUT2D eigenvalue weighted by Gasteiger charge is -2.22. The molecule has 5 nitrogen and oxygen atoms in total. The summed E-state index contributed by atoms with van der Waals surface area (Å²) in [6.07, 6.45) is 2.88. The van der Waals surface area contributed by atoms with Crippen LogP contribution in [0, 0.1) is 19.7 Å². The summed E-state index contributed by atoms with van der Waals surface area (Å²) in [5.74, 6) is -1.03. The van der Waals surface area contributed by atoms with Crippen LogP contribution in [0.5, 0.6) is 5.75 Å². The number of hydrogen-bond donors (Lipinski definition) is 0. The van der Waals surface area contributed by atoms with Crippen LogP contribution in [-0.2, 0) is 4.79 Å². The SMILES string of the molecule is COc1ccc(C(=O)/C=C/c2csc(N(C(C)=O)c3c(C)cccc3C)n2)cc1F. The Morgan fingerprint density at radius 3 is 2.47 bits per heavy atom. The number of hydrogen-bond acceptors (Lipinski definition) is 5. The second-order valence-corrected chi connectivity index (χ2v) is 7.53. The highest BCUT2D eigenvalue weighted by Gasteiger charge is 2.21. The van der Waals surface area contributed by atoms with E-state index in [2.05, 4.69) is 4.98 Å². The number of aryl methyl sites for hydroxylation is 2. The number of amides is 1. The molecule has 1 amide bonds. The Bertz CT molecular complexity index is 1120. The largest absolute Gasteiger partial charge is 0.494 e. The Labute approximate surface area is 178 Å². The van der Waals surface area contributed by atoms with E-state index < -0.39 is 5.82 Å². The van der Waals surface area contributed by atoms with Gasteiger partial charge in [0, 0.05) is 17.9 Å². The molecular formula is C23H21FN2O3S. The molecule has 3 rings (SSSR count). The standard InChI is InChI=1S/C23H21FN2O3S/c1-14-6-5-7-15(2)22(14)26(16(3)27)23-25-18(13-30-23)9-10-20(28)17-8-11-21(29-4)19(24)12-17/h5-13H,1-4H3/b10-9+. The fraction of sp³-hybridized carbons (Fsp3) is 0.174. The predicted molar refractivity (Wildman–Crippen MR) is 117 cm³/mol. The Kier molecular flexibility index (Phi) is 6.42. The van der Waals surface area contributed by atoms with Crippen molar-refractivity contribution < 1.29 is 18.7 Å². The minimum absolute atomic E-state index is 0.0792. The predicted octanol–water partition coefficient (Wildman–Crippen LogP) is 5.49. The van der Waals surface area contributed by atoms with Gasteiger partial charge in [0.05, 0.1) is 18.5 Å². The first-order valence-corrected chi connectivity index (χ1v) is 10.1. The van der Waals surface area contributed by atoms with E-state index in [1.807, 2.05) is 32.0 Å². The van der Waals surface area contributed by atoms with Crippen LogP contribution in [0.3, 0.4) is 0 Å². The minimum atomic E-state index is -0.599. The Hall–Kier alpha value is -3.32. The van der Waals surface area contributed by atoms with Gasteiger partial charge in [-0.2, -0.15) is 0 Å². The highest BCUT2D eigenvalue weighted by atomic mass is 32.1. The minimum Gasteiger partial charge on any atom is -0.494 e. The molecule has 0 bridgehead atoms. The quantitative estimate of drug-likeness (QED) is 0.388. The zero-order valence-electron chi connectivity index (χ0n) is 17.1. The smallest absolute Gasteiger partial charge is 0.230 e. The average molecular weight is 424 g/mol. The number of allylic oxidation sites excluding steroid dienone is 1. The molecule has 1 heterocycles. The molecule has 0 unspecified atom stereocenters. The average Bonchev–Trinajstić information content (AvgIpc) is 3.17. The molecule has 0 atom stereocenters. The number of thiazole rings is 1. The van der Waals surface area contributed by atoms with Crippen molar-refractivity contribution in [1.29, 1.82) is 0 Å².